The third kappa shape index (κ3) is 2.14. The Balaban J connectivity index is 2.07. The highest BCUT2D eigenvalue weighted by Crippen LogP contribution is 2.31. The number of nitrogens with zero attached hydrogens (tertiary/aromatic N) is 1. The topological polar surface area (TPSA) is 66.5 Å². The Morgan fingerprint density at radius 1 is 1.05 bits per heavy atom. The average molecular weight is 298 g/mol. The van der Waals surface area contributed by atoms with E-state index in [-0.39, 0.29) is 22.7 Å². The molecular weight excluding hydrogens is 287 g/mol. The number of fused-ring (bicyclic) bond motifs is 1. The van der Waals surface area contributed by atoms with Crippen molar-refractivity contribution in [2.75, 3.05) is 10.2 Å². The standard InChI is InChI=1S/C16H11FN2O3/c1-9(20)18-10-6-7-13(17)14(8-10)19-15(21)11-4-2-3-5-12(11)16(19)22/h2-8H,1H3,(H,18,20). The van der Waals surface area contributed by atoms with Gasteiger partial charge in [-0.1, -0.05) is 12.1 Å². The van der Waals surface area contributed by atoms with E-state index in [1.54, 1.807) is 12.1 Å². The van der Waals surface area contributed by atoms with E-state index in [4.69, 9.17) is 0 Å². The molecule has 0 aromatic heterocycles. The monoisotopic (exact) mass is 298 g/mol. The van der Waals surface area contributed by atoms with Gasteiger partial charge in [0.2, 0.25) is 5.91 Å². The second kappa shape index (κ2) is 5.07. The van der Waals surface area contributed by atoms with Gasteiger partial charge in [-0.3, -0.25) is 14.4 Å². The maximum Gasteiger partial charge on any atom is 0.266 e. The number of imide groups is 1. The predicted molar refractivity (Wildman–Crippen MR) is 78.3 cm³/mol. The van der Waals surface area contributed by atoms with E-state index < -0.39 is 17.6 Å². The van der Waals surface area contributed by atoms with Gasteiger partial charge in [-0.15, -0.1) is 0 Å². The molecule has 0 fully saturated rings. The molecule has 2 aromatic rings. The third-order valence-electron chi connectivity index (χ3n) is 3.30. The number of hydrogen-bond donors (Lipinski definition) is 1. The lowest BCUT2D eigenvalue weighted by Gasteiger charge is -2.16. The SMILES string of the molecule is CC(=O)Nc1ccc(F)c(N2C(=O)c3ccccc3C2=O)c1. The van der Waals surface area contributed by atoms with E-state index in [2.05, 4.69) is 5.32 Å². The minimum atomic E-state index is -0.719. The number of amides is 3. The zero-order valence-corrected chi connectivity index (χ0v) is 11.6. The molecule has 110 valence electrons. The number of halogens is 1. The first-order valence-corrected chi connectivity index (χ1v) is 6.54. The molecule has 6 heteroatoms. The highest BCUT2D eigenvalue weighted by Gasteiger charge is 2.37. The van der Waals surface area contributed by atoms with E-state index in [0.29, 0.717) is 5.69 Å². The van der Waals surface area contributed by atoms with Crippen molar-refractivity contribution in [2.24, 2.45) is 0 Å². The molecule has 0 radical (unpaired) electrons. The van der Waals surface area contributed by atoms with Gasteiger partial charge < -0.3 is 5.32 Å². The van der Waals surface area contributed by atoms with Crippen molar-refractivity contribution in [1.82, 2.24) is 0 Å². The van der Waals surface area contributed by atoms with E-state index in [0.717, 1.165) is 11.0 Å². The highest BCUT2D eigenvalue weighted by molar-refractivity contribution is 6.34. The van der Waals surface area contributed by atoms with Gasteiger partial charge in [-0.25, -0.2) is 9.29 Å². The van der Waals surface area contributed by atoms with E-state index in [1.807, 2.05) is 0 Å². The summed E-state index contributed by atoms with van der Waals surface area (Å²) in [5.41, 5.74) is 0.589. The van der Waals surface area contributed by atoms with Crippen LogP contribution in [0.5, 0.6) is 0 Å². The molecule has 22 heavy (non-hydrogen) atoms. The smallest absolute Gasteiger partial charge is 0.266 e. The van der Waals surface area contributed by atoms with Crippen LogP contribution in [0.4, 0.5) is 15.8 Å². The lowest BCUT2D eigenvalue weighted by atomic mass is 10.1. The second-order valence-corrected chi connectivity index (χ2v) is 4.84. The van der Waals surface area contributed by atoms with Crippen LogP contribution in [0.2, 0.25) is 0 Å². The van der Waals surface area contributed by atoms with Crippen LogP contribution in [0.25, 0.3) is 0 Å². The van der Waals surface area contributed by atoms with Crippen molar-refractivity contribution in [2.45, 2.75) is 6.92 Å². The summed E-state index contributed by atoms with van der Waals surface area (Å²) in [6.45, 7) is 1.31. The minimum Gasteiger partial charge on any atom is -0.326 e. The van der Waals surface area contributed by atoms with Gasteiger partial charge in [0.25, 0.3) is 11.8 Å². The summed E-state index contributed by atoms with van der Waals surface area (Å²) in [6, 6.07) is 10.0. The Kier molecular flexibility index (Phi) is 3.21. The number of nitrogens with one attached hydrogen (secondary N) is 1. The molecule has 5 nitrogen and oxygen atoms in total. The predicted octanol–water partition coefficient (Wildman–Crippen LogP) is 2.58. The quantitative estimate of drug-likeness (QED) is 0.867. The Bertz CT molecular complexity index is 782. The summed E-state index contributed by atoms with van der Waals surface area (Å²) in [7, 11) is 0. The van der Waals surface area contributed by atoms with E-state index in [9.17, 15) is 18.8 Å². The van der Waals surface area contributed by atoms with Crippen molar-refractivity contribution in [3.63, 3.8) is 0 Å². The molecule has 3 amide bonds. The summed E-state index contributed by atoms with van der Waals surface area (Å²) >= 11 is 0. The van der Waals surface area contributed by atoms with Gasteiger partial charge in [0, 0.05) is 12.6 Å². The number of benzene rings is 2. The first kappa shape index (κ1) is 13.9. The van der Waals surface area contributed by atoms with Gasteiger partial charge in [0.15, 0.2) is 0 Å². The maximum atomic E-state index is 14.1. The summed E-state index contributed by atoms with van der Waals surface area (Å²) in [5.74, 6) is -2.22. The molecule has 3 rings (SSSR count). The first-order chi connectivity index (χ1) is 10.5. The van der Waals surface area contributed by atoms with Crippen LogP contribution >= 0.6 is 0 Å². The van der Waals surface area contributed by atoms with Crippen LogP contribution in [0.15, 0.2) is 42.5 Å². The van der Waals surface area contributed by atoms with Gasteiger partial charge in [0.05, 0.1) is 16.8 Å². The molecule has 0 saturated carbocycles. The summed E-state index contributed by atoms with van der Waals surface area (Å²) < 4.78 is 14.1. The van der Waals surface area contributed by atoms with Crippen LogP contribution < -0.4 is 10.2 Å². The molecule has 2 aromatic carbocycles. The second-order valence-electron chi connectivity index (χ2n) is 4.84. The average Bonchev–Trinajstić information content (AvgIpc) is 2.73. The summed E-state index contributed by atoms with van der Waals surface area (Å²) in [4.78, 5) is 36.6. The molecule has 1 aliphatic rings. The molecule has 1 N–H and O–H groups in total. The van der Waals surface area contributed by atoms with Crippen LogP contribution in [0.1, 0.15) is 27.6 Å². The van der Waals surface area contributed by atoms with Gasteiger partial charge in [-0.05, 0) is 30.3 Å². The van der Waals surface area contributed by atoms with Crippen molar-refractivity contribution in [3.05, 3.63) is 59.4 Å². The number of anilines is 2. The normalized spacial score (nSPS) is 13.3. The molecule has 0 atom stereocenters. The van der Waals surface area contributed by atoms with Crippen molar-refractivity contribution in [1.29, 1.82) is 0 Å². The Hall–Kier alpha value is -3.02. The summed E-state index contributed by atoms with van der Waals surface area (Å²) in [6.07, 6.45) is 0. The Labute approximate surface area is 125 Å². The van der Waals surface area contributed by atoms with Gasteiger partial charge in [0.1, 0.15) is 5.82 Å². The summed E-state index contributed by atoms with van der Waals surface area (Å²) in [5, 5.41) is 2.49. The molecule has 0 unspecified atom stereocenters. The first-order valence-electron chi connectivity index (χ1n) is 6.54. The maximum absolute atomic E-state index is 14.1. The molecule has 0 spiro atoms. The van der Waals surface area contributed by atoms with Crippen LogP contribution in [-0.2, 0) is 4.79 Å². The number of rotatable bonds is 2. The Morgan fingerprint density at radius 2 is 1.64 bits per heavy atom. The lowest BCUT2D eigenvalue weighted by Crippen LogP contribution is -2.30. The molecule has 1 heterocycles. The number of carbonyl (C=O) groups excluding carboxylic acids is 3. The molecule has 0 bridgehead atoms. The van der Waals surface area contributed by atoms with E-state index >= 15 is 0 Å². The molecular formula is C16H11FN2O3. The molecule has 0 aliphatic carbocycles. The van der Waals surface area contributed by atoms with Crippen LogP contribution in [0.3, 0.4) is 0 Å². The highest BCUT2D eigenvalue weighted by atomic mass is 19.1. The zero-order chi connectivity index (χ0) is 15.9. The fraction of sp³-hybridized carbons (Fsp3) is 0.0625. The minimum absolute atomic E-state index is 0.183. The third-order valence-corrected chi connectivity index (χ3v) is 3.30. The largest absolute Gasteiger partial charge is 0.326 e. The van der Waals surface area contributed by atoms with Crippen molar-refractivity contribution < 1.29 is 18.8 Å². The van der Waals surface area contributed by atoms with E-state index in [1.165, 1.54) is 31.2 Å². The zero-order valence-electron chi connectivity index (χ0n) is 11.6. The fourth-order valence-electron chi connectivity index (χ4n) is 2.37. The van der Waals surface area contributed by atoms with Crippen molar-refractivity contribution in [3.8, 4) is 0 Å². The number of hydrogen-bond acceptors (Lipinski definition) is 3. The van der Waals surface area contributed by atoms with Crippen LogP contribution in [-0.4, -0.2) is 17.7 Å². The fourth-order valence-corrected chi connectivity index (χ4v) is 2.37. The van der Waals surface area contributed by atoms with Crippen LogP contribution in [0, 0.1) is 5.82 Å². The molecule has 0 saturated heterocycles. The van der Waals surface area contributed by atoms with Gasteiger partial charge >= 0.3 is 0 Å². The van der Waals surface area contributed by atoms with Gasteiger partial charge in [-0.2, -0.15) is 0 Å². The lowest BCUT2D eigenvalue weighted by molar-refractivity contribution is -0.114. The van der Waals surface area contributed by atoms with Crippen molar-refractivity contribution >= 4 is 29.1 Å². The Morgan fingerprint density at radius 3 is 2.18 bits per heavy atom. The molecule has 1 aliphatic heterocycles. The number of carbonyl (C=O) groups is 3.